The van der Waals surface area contributed by atoms with E-state index in [2.05, 4.69) is 5.32 Å². The Kier molecular flexibility index (Phi) is 5.96. The molecule has 142 valence electrons. The molecular weight excluding hydrogens is 344 g/mol. The molecule has 2 amide bonds. The quantitative estimate of drug-likeness (QED) is 0.851. The number of aryl methyl sites for hydroxylation is 1. The van der Waals surface area contributed by atoms with Crippen molar-refractivity contribution < 1.29 is 19.1 Å². The topological polar surface area (TPSA) is 67.9 Å². The van der Waals surface area contributed by atoms with E-state index in [4.69, 9.17) is 9.47 Å². The van der Waals surface area contributed by atoms with Crippen LogP contribution in [0.25, 0.3) is 0 Å². The van der Waals surface area contributed by atoms with E-state index in [0.717, 1.165) is 11.1 Å². The van der Waals surface area contributed by atoms with Gasteiger partial charge in [0.1, 0.15) is 13.2 Å². The summed E-state index contributed by atoms with van der Waals surface area (Å²) in [4.78, 5) is 26.4. The molecule has 0 saturated heterocycles. The molecule has 27 heavy (non-hydrogen) atoms. The van der Waals surface area contributed by atoms with Crippen LogP contribution in [0.1, 0.15) is 18.1 Å². The summed E-state index contributed by atoms with van der Waals surface area (Å²) in [5.41, 5.74) is 2.71. The molecule has 1 N–H and O–H groups in total. The summed E-state index contributed by atoms with van der Waals surface area (Å²) in [6, 6.07) is 13.1. The highest BCUT2D eigenvalue weighted by molar-refractivity contribution is 5.95. The van der Waals surface area contributed by atoms with Crippen molar-refractivity contribution in [2.45, 2.75) is 20.3 Å². The highest BCUT2D eigenvalue weighted by Crippen LogP contribution is 2.32. The normalized spacial score (nSPS) is 12.4. The van der Waals surface area contributed by atoms with Crippen LogP contribution in [0.3, 0.4) is 0 Å². The predicted molar refractivity (Wildman–Crippen MR) is 103 cm³/mol. The second-order valence-electron chi connectivity index (χ2n) is 6.48. The number of amides is 2. The molecule has 1 aliphatic heterocycles. The largest absolute Gasteiger partial charge is 0.486 e. The fraction of sp³-hybridized carbons (Fsp3) is 0.333. The standard InChI is InChI=1S/C21H24N2O4/c1-3-23(21(25)12-16-6-4-15(2)5-7-16)14-20(24)22-17-8-9-18-19(13-17)27-11-10-26-18/h4-9,13H,3,10-12,14H2,1-2H3,(H,22,24). The molecule has 0 unspecified atom stereocenters. The van der Waals surface area contributed by atoms with Gasteiger partial charge in [0.25, 0.3) is 0 Å². The molecule has 0 bridgehead atoms. The van der Waals surface area contributed by atoms with Crippen LogP contribution in [-0.4, -0.2) is 43.0 Å². The number of hydrogen-bond donors (Lipinski definition) is 1. The lowest BCUT2D eigenvalue weighted by Gasteiger charge is -2.21. The molecule has 0 aliphatic carbocycles. The molecule has 1 aliphatic rings. The van der Waals surface area contributed by atoms with Crippen LogP contribution in [0.2, 0.25) is 0 Å². The number of carbonyl (C=O) groups is 2. The number of rotatable bonds is 6. The first-order chi connectivity index (χ1) is 13.0. The average molecular weight is 368 g/mol. The van der Waals surface area contributed by atoms with Gasteiger partial charge in [-0.05, 0) is 31.5 Å². The van der Waals surface area contributed by atoms with Gasteiger partial charge in [0.05, 0.1) is 13.0 Å². The molecule has 3 rings (SSSR count). The minimum atomic E-state index is -0.245. The number of nitrogens with zero attached hydrogens (tertiary/aromatic N) is 1. The number of nitrogens with one attached hydrogen (secondary N) is 1. The Morgan fingerprint density at radius 2 is 1.74 bits per heavy atom. The maximum absolute atomic E-state index is 12.5. The van der Waals surface area contributed by atoms with Gasteiger partial charge in [-0.1, -0.05) is 29.8 Å². The minimum Gasteiger partial charge on any atom is -0.486 e. The van der Waals surface area contributed by atoms with E-state index >= 15 is 0 Å². The van der Waals surface area contributed by atoms with Crippen LogP contribution < -0.4 is 14.8 Å². The molecule has 0 saturated carbocycles. The first kappa shape index (κ1) is 18.8. The molecule has 1 heterocycles. The van der Waals surface area contributed by atoms with Gasteiger partial charge >= 0.3 is 0 Å². The van der Waals surface area contributed by atoms with Gasteiger partial charge in [-0.15, -0.1) is 0 Å². The van der Waals surface area contributed by atoms with E-state index in [1.807, 2.05) is 38.1 Å². The molecule has 6 heteroatoms. The fourth-order valence-corrected chi connectivity index (χ4v) is 2.86. The molecule has 0 spiro atoms. The number of benzene rings is 2. The van der Waals surface area contributed by atoms with E-state index < -0.39 is 0 Å². The predicted octanol–water partition coefficient (Wildman–Crippen LogP) is 2.80. The average Bonchev–Trinajstić information content (AvgIpc) is 2.67. The zero-order chi connectivity index (χ0) is 19.2. The summed E-state index contributed by atoms with van der Waals surface area (Å²) in [5, 5.41) is 2.81. The van der Waals surface area contributed by atoms with Crippen molar-refractivity contribution >= 4 is 17.5 Å². The van der Waals surface area contributed by atoms with E-state index in [1.165, 1.54) is 0 Å². The Morgan fingerprint density at radius 3 is 2.44 bits per heavy atom. The van der Waals surface area contributed by atoms with Gasteiger partial charge in [-0.25, -0.2) is 0 Å². The maximum atomic E-state index is 12.5. The number of carbonyl (C=O) groups excluding carboxylic acids is 2. The first-order valence-electron chi connectivity index (χ1n) is 9.08. The van der Waals surface area contributed by atoms with Gasteiger partial charge in [-0.3, -0.25) is 9.59 Å². The van der Waals surface area contributed by atoms with Crippen LogP contribution >= 0.6 is 0 Å². The van der Waals surface area contributed by atoms with E-state index in [0.29, 0.717) is 36.9 Å². The third kappa shape index (κ3) is 5.00. The van der Waals surface area contributed by atoms with E-state index in [9.17, 15) is 9.59 Å². The van der Waals surface area contributed by atoms with E-state index in [1.54, 1.807) is 23.1 Å². The summed E-state index contributed by atoms with van der Waals surface area (Å²) in [6.07, 6.45) is 0.283. The Labute approximate surface area is 159 Å². The number of hydrogen-bond acceptors (Lipinski definition) is 4. The molecule has 6 nitrogen and oxygen atoms in total. The molecule has 0 atom stereocenters. The second kappa shape index (κ2) is 8.58. The van der Waals surface area contributed by atoms with Gasteiger partial charge < -0.3 is 19.7 Å². The van der Waals surface area contributed by atoms with Crippen LogP contribution in [0, 0.1) is 6.92 Å². The summed E-state index contributed by atoms with van der Waals surface area (Å²) < 4.78 is 11.0. The Hall–Kier alpha value is -3.02. The maximum Gasteiger partial charge on any atom is 0.243 e. The number of fused-ring (bicyclic) bond motifs is 1. The highest BCUT2D eigenvalue weighted by atomic mass is 16.6. The van der Waals surface area contributed by atoms with Crippen LogP contribution in [0.4, 0.5) is 5.69 Å². The number of ether oxygens (including phenoxy) is 2. The second-order valence-corrected chi connectivity index (χ2v) is 6.48. The lowest BCUT2D eigenvalue weighted by molar-refractivity contribution is -0.133. The van der Waals surface area contributed by atoms with Crippen molar-refractivity contribution in [3.63, 3.8) is 0 Å². The van der Waals surface area contributed by atoms with Gasteiger partial charge in [0.15, 0.2) is 11.5 Å². The summed E-state index contributed by atoms with van der Waals surface area (Å²) in [7, 11) is 0. The number of likely N-dealkylation sites (N-methyl/N-ethyl adjacent to an activating group) is 1. The Bertz CT molecular complexity index is 817. The molecular formula is C21H24N2O4. The Balaban J connectivity index is 1.57. The third-order valence-electron chi connectivity index (χ3n) is 4.37. The highest BCUT2D eigenvalue weighted by Gasteiger charge is 2.17. The van der Waals surface area contributed by atoms with Gasteiger partial charge in [0.2, 0.25) is 11.8 Å². The fourth-order valence-electron chi connectivity index (χ4n) is 2.86. The zero-order valence-corrected chi connectivity index (χ0v) is 15.7. The van der Waals surface area contributed by atoms with Crippen LogP contribution in [0.15, 0.2) is 42.5 Å². The first-order valence-corrected chi connectivity index (χ1v) is 9.08. The minimum absolute atomic E-state index is 0.00956. The summed E-state index contributed by atoms with van der Waals surface area (Å²) in [6.45, 7) is 5.36. The van der Waals surface area contributed by atoms with Crippen molar-refractivity contribution in [3.8, 4) is 11.5 Å². The molecule has 0 aromatic heterocycles. The van der Waals surface area contributed by atoms with Crippen LogP contribution in [0.5, 0.6) is 11.5 Å². The molecule has 2 aromatic carbocycles. The number of anilines is 1. The van der Waals surface area contributed by atoms with Crippen LogP contribution in [-0.2, 0) is 16.0 Å². The van der Waals surface area contributed by atoms with Crippen molar-refractivity contribution in [1.82, 2.24) is 4.90 Å². The van der Waals surface area contributed by atoms with Crippen molar-refractivity contribution in [3.05, 3.63) is 53.6 Å². The lowest BCUT2D eigenvalue weighted by atomic mass is 10.1. The monoisotopic (exact) mass is 368 g/mol. The SMILES string of the molecule is CCN(CC(=O)Nc1ccc2c(c1)OCCO2)C(=O)Cc1ccc(C)cc1. The molecule has 0 fully saturated rings. The van der Waals surface area contributed by atoms with Crippen molar-refractivity contribution in [1.29, 1.82) is 0 Å². The third-order valence-corrected chi connectivity index (χ3v) is 4.37. The van der Waals surface area contributed by atoms with Crippen molar-refractivity contribution in [2.24, 2.45) is 0 Å². The van der Waals surface area contributed by atoms with Crippen molar-refractivity contribution in [2.75, 3.05) is 31.6 Å². The van der Waals surface area contributed by atoms with Gasteiger partial charge in [-0.2, -0.15) is 0 Å². The summed E-state index contributed by atoms with van der Waals surface area (Å²) in [5.74, 6) is 0.967. The smallest absolute Gasteiger partial charge is 0.243 e. The molecule has 0 radical (unpaired) electrons. The van der Waals surface area contributed by atoms with Gasteiger partial charge in [0, 0.05) is 18.3 Å². The summed E-state index contributed by atoms with van der Waals surface area (Å²) >= 11 is 0. The van der Waals surface area contributed by atoms with E-state index in [-0.39, 0.29) is 24.8 Å². The Morgan fingerprint density at radius 1 is 1.04 bits per heavy atom. The lowest BCUT2D eigenvalue weighted by Crippen LogP contribution is -2.38. The zero-order valence-electron chi connectivity index (χ0n) is 15.7. The molecule has 2 aromatic rings.